The van der Waals surface area contributed by atoms with Gasteiger partial charge >= 0.3 is 0 Å². The fourth-order valence-corrected chi connectivity index (χ4v) is 2.24. The third kappa shape index (κ3) is 2.24. The molecule has 92 valence electrons. The molecule has 0 spiro atoms. The predicted octanol–water partition coefficient (Wildman–Crippen LogP) is 2.20. The second-order valence-corrected chi connectivity index (χ2v) is 4.55. The van der Waals surface area contributed by atoms with Crippen molar-refractivity contribution in [3.05, 3.63) is 0 Å². The van der Waals surface area contributed by atoms with Crippen LogP contribution in [0.15, 0.2) is 0 Å². The molecule has 16 heavy (non-hydrogen) atoms. The van der Waals surface area contributed by atoms with Gasteiger partial charge in [0.05, 0.1) is 6.10 Å². The molecule has 1 aliphatic heterocycles. The van der Waals surface area contributed by atoms with Gasteiger partial charge in [-0.05, 0) is 20.3 Å². The van der Waals surface area contributed by atoms with E-state index < -0.39 is 5.60 Å². The molecule has 0 N–H and O–H groups in total. The summed E-state index contributed by atoms with van der Waals surface area (Å²) >= 11 is 0. The van der Waals surface area contributed by atoms with Crippen molar-refractivity contribution in [2.75, 3.05) is 7.11 Å². The molecule has 0 amide bonds. The Morgan fingerprint density at radius 2 is 2.12 bits per heavy atom. The van der Waals surface area contributed by atoms with Gasteiger partial charge in [-0.1, -0.05) is 19.8 Å². The van der Waals surface area contributed by atoms with Crippen LogP contribution in [0.1, 0.15) is 34.1 Å². The number of rotatable bonds is 4. The second kappa shape index (κ2) is 5.18. The maximum Gasteiger partial charge on any atom is 0.186 e. The highest BCUT2D eigenvalue weighted by atomic mass is 16.7. The summed E-state index contributed by atoms with van der Waals surface area (Å²) in [4.78, 5) is 0. The average Bonchev–Trinajstić information content (AvgIpc) is 2.50. The Bertz CT molecular complexity index is 269. The van der Waals surface area contributed by atoms with Gasteiger partial charge in [-0.3, -0.25) is 0 Å². The zero-order chi connectivity index (χ0) is 12.3. The van der Waals surface area contributed by atoms with Crippen molar-refractivity contribution in [3.63, 3.8) is 0 Å². The molecule has 2 unspecified atom stereocenters. The monoisotopic (exact) mass is 226 g/mol. The SMILES string of the molecule is C#CC1(CC)OC(OC(C)C)[C@@H](OC)[C@H]1C. The van der Waals surface area contributed by atoms with Crippen LogP contribution < -0.4 is 0 Å². The normalized spacial score (nSPS) is 38.9. The van der Waals surface area contributed by atoms with Gasteiger partial charge in [-0.15, -0.1) is 6.42 Å². The minimum Gasteiger partial charge on any atom is -0.376 e. The highest BCUT2D eigenvalue weighted by Crippen LogP contribution is 2.40. The lowest BCUT2D eigenvalue weighted by atomic mass is 9.86. The van der Waals surface area contributed by atoms with E-state index in [1.165, 1.54) is 0 Å². The summed E-state index contributed by atoms with van der Waals surface area (Å²) in [5.74, 6) is 2.90. The van der Waals surface area contributed by atoms with Crippen LogP contribution in [0.25, 0.3) is 0 Å². The molecular formula is C13H22O3. The van der Waals surface area contributed by atoms with Gasteiger partial charge in [0.2, 0.25) is 0 Å². The molecule has 0 saturated carbocycles. The van der Waals surface area contributed by atoms with Crippen molar-refractivity contribution in [1.82, 2.24) is 0 Å². The van der Waals surface area contributed by atoms with Crippen molar-refractivity contribution in [3.8, 4) is 12.3 Å². The first-order valence-corrected chi connectivity index (χ1v) is 5.84. The van der Waals surface area contributed by atoms with Gasteiger partial charge in [0, 0.05) is 13.0 Å². The molecular weight excluding hydrogens is 204 g/mol. The Balaban J connectivity index is 2.87. The lowest BCUT2D eigenvalue weighted by Gasteiger charge is -2.25. The first-order chi connectivity index (χ1) is 7.50. The molecule has 0 aromatic heterocycles. The molecule has 0 bridgehead atoms. The van der Waals surface area contributed by atoms with E-state index in [0.717, 1.165) is 6.42 Å². The first kappa shape index (κ1) is 13.5. The molecule has 1 aliphatic rings. The summed E-state index contributed by atoms with van der Waals surface area (Å²) in [5, 5.41) is 0. The van der Waals surface area contributed by atoms with Crippen LogP contribution >= 0.6 is 0 Å². The predicted molar refractivity (Wildman–Crippen MR) is 62.9 cm³/mol. The van der Waals surface area contributed by atoms with Gasteiger partial charge in [-0.25, -0.2) is 0 Å². The van der Waals surface area contributed by atoms with E-state index in [4.69, 9.17) is 20.6 Å². The molecule has 3 heteroatoms. The maximum atomic E-state index is 5.89. The van der Waals surface area contributed by atoms with E-state index in [-0.39, 0.29) is 24.4 Å². The van der Waals surface area contributed by atoms with Crippen LogP contribution in [0.4, 0.5) is 0 Å². The molecule has 0 aromatic rings. The molecule has 0 aromatic carbocycles. The summed E-state index contributed by atoms with van der Waals surface area (Å²) in [6.45, 7) is 8.03. The van der Waals surface area contributed by atoms with E-state index in [1.807, 2.05) is 20.8 Å². The Labute approximate surface area is 98.5 Å². The maximum absolute atomic E-state index is 5.89. The van der Waals surface area contributed by atoms with Crippen molar-refractivity contribution in [2.45, 2.75) is 58.2 Å². The third-order valence-corrected chi connectivity index (χ3v) is 3.27. The van der Waals surface area contributed by atoms with Crippen LogP contribution in [0.2, 0.25) is 0 Å². The molecule has 4 atom stereocenters. The molecule has 3 nitrogen and oxygen atoms in total. The minimum absolute atomic E-state index is 0.0975. The number of methoxy groups -OCH3 is 1. The smallest absolute Gasteiger partial charge is 0.186 e. The van der Waals surface area contributed by atoms with E-state index >= 15 is 0 Å². The standard InChI is InChI=1S/C13H22O3/c1-7-13(8-2)10(5)11(14-6)12(16-13)15-9(3)4/h1,9-12H,8H2,2-6H3/t10-,11+,12?,13?/m1/s1. The molecule has 1 fully saturated rings. The average molecular weight is 226 g/mol. The minimum atomic E-state index is -0.555. The van der Waals surface area contributed by atoms with Gasteiger partial charge in [-0.2, -0.15) is 0 Å². The fraction of sp³-hybridized carbons (Fsp3) is 0.846. The Kier molecular flexibility index (Phi) is 4.37. The topological polar surface area (TPSA) is 27.7 Å². The van der Waals surface area contributed by atoms with Crippen molar-refractivity contribution < 1.29 is 14.2 Å². The number of terminal acetylenes is 1. The Morgan fingerprint density at radius 1 is 1.50 bits per heavy atom. The number of hydrogen-bond acceptors (Lipinski definition) is 3. The fourth-order valence-electron chi connectivity index (χ4n) is 2.24. The highest BCUT2D eigenvalue weighted by molar-refractivity contribution is 5.15. The van der Waals surface area contributed by atoms with E-state index in [1.54, 1.807) is 7.11 Å². The van der Waals surface area contributed by atoms with Crippen molar-refractivity contribution in [1.29, 1.82) is 0 Å². The molecule has 1 saturated heterocycles. The van der Waals surface area contributed by atoms with Crippen LogP contribution in [0.5, 0.6) is 0 Å². The summed E-state index contributed by atoms with van der Waals surface area (Å²) in [5.41, 5.74) is -0.555. The van der Waals surface area contributed by atoms with Crippen molar-refractivity contribution in [2.24, 2.45) is 5.92 Å². The van der Waals surface area contributed by atoms with Gasteiger partial charge in [0.25, 0.3) is 0 Å². The van der Waals surface area contributed by atoms with Gasteiger partial charge < -0.3 is 14.2 Å². The second-order valence-electron chi connectivity index (χ2n) is 4.55. The molecule has 1 heterocycles. The first-order valence-electron chi connectivity index (χ1n) is 5.84. The van der Waals surface area contributed by atoms with Gasteiger partial charge in [0.15, 0.2) is 6.29 Å². The highest BCUT2D eigenvalue weighted by Gasteiger charge is 2.52. The zero-order valence-electron chi connectivity index (χ0n) is 10.8. The Hall–Kier alpha value is -0.560. The van der Waals surface area contributed by atoms with E-state index in [2.05, 4.69) is 12.8 Å². The molecule has 0 aliphatic carbocycles. The lowest BCUT2D eigenvalue weighted by Crippen LogP contribution is -2.35. The summed E-state index contributed by atoms with van der Waals surface area (Å²) in [6.07, 6.45) is 5.99. The quantitative estimate of drug-likeness (QED) is 0.688. The van der Waals surface area contributed by atoms with E-state index in [0.29, 0.717) is 0 Å². The van der Waals surface area contributed by atoms with Crippen LogP contribution in [0, 0.1) is 18.3 Å². The van der Waals surface area contributed by atoms with Crippen molar-refractivity contribution >= 4 is 0 Å². The number of hydrogen-bond donors (Lipinski definition) is 0. The Morgan fingerprint density at radius 3 is 2.50 bits per heavy atom. The van der Waals surface area contributed by atoms with Crippen LogP contribution in [-0.4, -0.2) is 31.2 Å². The summed E-state index contributed by atoms with van der Waals surface area (Å²) < 4.78 is 17.0. The molecule has 0 radical (unpaired) electrons. The molecule has 1 rings (SSSR count). The number of ether oxygens (including phenoxy) is 3. The van der Waals surface area contributed by atoms with Gasteiger partial charge in [0.1, 0.15) is 11.7 Å². The summed E-state index contributed by atoms with van der Waals surface area (Å²) in [7, 11) is 1.67. The lowest BCUT2D eigenvalue weighted by molar-refractivity contribution is -0.199. The van der Waals surface area contributed by atoms with Crippen LogP contribution in [-0.2, 0) is 14.2 Å². The van der Waals surface area contributed by atoms with E-state index in [9.17, 15) is 0 Å². The van der Waals surface area contributed by atoms with Crippen LogP contribution in [0.3, 0.4) is 0 Å². The summed E-state index contributed by atoms with van der Waals surface area (Å²) in [6, 6.07) is 0. The zero-order valence-corrected chi connectivity index (χ0v) is 10.8. The largest absolute Gasteiger partial charge is 0.376 e. The third-order valence-electron chi connectivity index (χ3n) is 3.27.